The molecule has 0 saturated heterocycles. The molecule has 0 saturated carbocycles. The number of nitrogens with zero attached hydrogens (tertiary/aromatic N) is 3. The van der Waals surface area contributed by atoms with Gasteiger partial charge in [-0.2, -0.15) is 0 Å². The molecule has 0 atom stereocenters. The Morgan fingerprint density at radius 3 is 2.83 bits per heavy atom. The molecular weight excluding hydrogens is 233 g/mol. The summed E-state index contributed by atoms with van der Waals surface area (Å²) in [6.45, 7) is 2.68. The lowest BCUT2D eigenvalue weighted by atomic mass is 10.1. The number of hydrogen-bond acceptors (Lipinski definition) is 3. The monoisotopic (exact) mass is 247 g/mol. The van der Waals surface area contributed by atoms with Crippen molar-refractivity contribution in [3.8, 4) is 11.3 Å². The van der Waals surface area contributed by atoms with E-state index in [1.54, 1.807) is 22.9 Å². The molecule has 0 bridgehead atoms. The van der Waals surface area contributed by atoms with Crippen molar-refractivity contribution < 1.29 is 9.18 Å². The van der Waals surface area contributed by atoms with Crippen molar-refractivity contribution in [1.29, 1.82) is 0 Å². The van der Waals surface area contributed by atoms with E-state index in [4.69, 9.17) is 0 Å². The van der Waals surface area contributed by atoms with E-state index in [1.165, 1.54) is 6.07 Å². The first-order chi connectivity index (χ1) is 8.77. The van der Waals surface area contributed by atoms with E-state index in [0.29, 0.717) is 24.1 Å². The Labute approximate surface area is 104 Å². The number of carbonyl (C=O) groups is 1. The highest BCUT2D eigenvalue weighted by molar-refractivity contribution is 5.83. The van der Waals surface area contributed by atoms with Crippen LogP contribution in [0, 0.1) is 5.82 Å². The second kappa shape index (κ2) is 5.53. The summed E-state index contributed by atoms with van der Waals surface area (Å²) >= 11 is 0. The number of hydrogen-bond donors (Lipinski definition) is 0. The number of unbranched alkanes of at least 4 members (excludes halogenated alkanes) is 1. The molecule has 0 N–H and O–H groups in total. The minimum Gasteiger partial charge on any atom is -0.296 e. The predicted molar refractivity (Wildman–Crippen MR) is 65.7 cm³/mol. The Bertz CT molecular complexity index is 551. The number of benzene rings is 1. The third kappa shape index (κ3) is 2.30. The van der Waals surface area contributed by atoms with Gasteiger partial charge in [0.1, 0.15) is 11.5 Å². The molecule has 1 aromatic heterocycles. The fraction of sp³-hybridized carbons (Fsp3) is 0.308. The van der Waals surface area contributed by atoms with Crippen LogP contribution in [0.25, 0.3) is 11.3 Å². The topological polar surface area (TPSA) is 47.8 Å². The number of halogens is 1. The molecule has 0 aliphatic heterocycles. The molecule has 0 amide bonds. The number of aldehydes is 1. The summed E-state index contributed by atoms with van der Waals surface area (Å²) in [6, 6.07) is 6.33. The van der Waals surface area contributed by atoms with Crippen LogP contribution < -0.4 is 0 Å². The van der Waals surface area contributed by atoms with Gasteiger partial charge in [0.05, 0.1) is 0 Å². The standard InChI is InChI=1S/C13H14FN3O/c1-2-3-8-17-13(12(9-18)15-16-17)10-6-4-5-7-11(10)14/h4-7,9H,2-3,8H2,1H3. The number of carbonyl (C=O) groups excluding carboxylic acids is 1. The van der Waals surface area contributed by atoms with Crippen LogP contribution in [0.15, 0.2) is 24.3 Å². The molecule has 4 nitrogen and oxygen atoms in total. The first-order valence-electron chi connectivity index (χ1n) is 5.91. The SMILES string of the molecule is CCCCn1nnc(C=O)c1-c1ccccc1F. The first kappa shape index (κ1) is 12.4. The van der Waals surface area contributed by atoms with Gasteiger partial charge in [0.2, 0.25) is 0 Å². The molecule has 0 aliphatic rings. The lowest BCUT2D eigenvalue weighted by Gasteiger charge is -2.07. The van der Waals surface area contributed by atoms with Crippen molar-refractivity contribution in [2.24, 2.45) is 0 Å². The second-order valence-corrected chi connectivity index (χ2v) is 4.00. The average molecular weight is 247 g/mol. The molecule has 5 heteroatoms. The summed E-state index contributed by atoms with van der Waals surface area (Å²) in [5.74, 6) is -0.374. The molecule has 1 aromatic carbocycles. The van der Waals surface area contributed by atoms with Crippen molar-refractivity contribution >= 4 is 6.29 Å². The summed E-state index contributed by atoms with van der Waals surface area (Å²) in [4.78, 5) is 11.0. The third-order valence-electron chi connectivity index (χ3n) is 2.73. The van der Waals surface area contributed by atoms with E-state index in [1.807, 2.05) is 0 Å². The van der Waals surface area contributed by atoms with Crippen LogP contribution in [0.5, 0.6) is 0 Å². The van der Waals surface area contributed by atoms with Crippen LogP contribution in [-0.4, -0.2) is 21.3 Å². The van der Waals surface area contributed by atoms with E-state index in [0.717, 1.165) is 12.8 Å². The first-order valence-corrected chi connectivity index (χ1v) is 5.91. The largest absolute Gasteiger partial charge is 0.296 e. The molecule has 2 aromatic rings. The van der Waals surface area contributed by atoms with E-state index in [-0.39, 0.29) is 11.5 Å². The second-order valence-electron chi connectivity index (χ2n) is 4.00. The molecule has 2 rings (SSSR count). The summed E-state index contributed by atoms with van der Waals surface area (Å²) in [6.07, 6.45) is 2.51. The van der Waals surface area contributed by atoms with Gasteiger partial charge >= 0.3 is 0 Å². The lowest BCUT2D eigenvalue weighted by molar-refractivity contribution is 0.111. The van der Waals surface area contributed by atoms with Crippen molar-refractivity contribution in [3.05, 3.63) is 35.8 Å². The van der Waals surface area contributed by atoms with Gasteiger partial charge in [-0.25, -0.2) is 9.07 Å². The Hall–Kier alpha value is -2.04. The quantitative estimate of drug-likeness (QED) is 0.763. The maximum Gasteiger partial charge on any atom is 0.172 e. The van der Waals surface area contributed by atoms with Gasteiger partial charge < -0.3 is 0 Å². The molecule has 1 heterocycles. The van der Waals surface area contributed by atoms with Crippen LogP contribution >= 0.6 is 0 Å². The molecule has 0 radical (unpaired) electrons. The van der Waals surface area contributed by atoms with Gasteiger partial charge in [-0.3, -0.25) is 4.79 Å². The minimum atomic E-state index is -0.374. The zero-order chi connectivity index (χ0) is 13.0. The normalized spacial score (nSPS) is 10.6. The molecular formula is C13H14FN3O. The van der Waals surface area contributed by atoms with E-state index < -0.39 is 0 Å². The van der Waals surface area contributed by atoms with Crippen LogP contribution in [0.3, 0.4) is 0 Å². The van der Waals surface area contributed by atoms with Gasteiger partial charge in [0.15, 0.2) is 12.0 Å². The lowest BCUT2D eigenvalue weighted by Crippen LogP contribution is -2.04. The van der Waals surface area contributed by atoms with Gasteiger partial charge in [0, 0.05) is 12.1 Å². The fourth-order valence-corrected chi connectivity index (χ4v) is 1.80. The molecule has 0 aliphatic carbocycles. The number of aryl methyl sites for hydroxylation is 1. The Morgan fingerprint density at radius 1 is 1.39 bits per heavy atom. The highest BCUT2D eigenvalue weighted by Crippen LogP contribution is 2.24. The third-order valence-corrected chi connectivity index (χ3v) is 2.73. The van der Waals surface area contributed by atoms with Gasteiger partial charge in [0.25, 0.3) is 0 Å². The van der Waals surface area contributed by atoms with E-state index in [9.17, 15) is 9.18 Å². The summed E-state index contributed by atoms with van der Waals surface area (Å²) in [5.41, 5.74) is 0.994. The van der Waals surface area contributed by atoms with Crippen LogP contribution in [0.2, 0.25) is 0 Å². The van der Waals surface area contributed by atoms with Crippen molar-refractivity contribution in [2.45, 2.75) is 26.3 Å². The summed E-state index contributed by atoms with van der Waals surface area (Å²) in [7, 11) is 0. The summed E-state index contributed by atoms with van der Waals surface area (Å²) in [5, 5.41) is 7.69. The number of aromatic nitrogens is 3. The molecule has 0 unspecified atom stereocenters. The molecule has 94 valence electrons. The Morgan fingerprint density at radius 2 is 2.17 bits per heavy atom. The fourth-order valence-electron chi connectivity index (χ4n) is 1.80. The zero-order valence-corrected chi connectivity index (χ0v) is 10.1. The summed E-state index contributed by atoms with van der Waals surface area (Å²) < 4.78 is 15.4. The zero-order valence-electron chi connectivity index (χ0n) is 10.1. The predicted octanol–water partition coefficient (Wildman–Crippen LogP) is 2.70. The highest BCUT2D eigenvalue weighted by Gasteiger charge is 2.16. The molecule has 0 spiro atoms. The molecule has 18 heavy (non-hydrogen) atoms. The average Bonchev–Trinajstić information content (AvgIpc) is 2.79. The number of rotatable bonds is 5. The van der Waals surface area contributed by atoms with Crippen molar-refractivity contribution in [3.63, 3.8) is 0 Å². The molecule has 0 fully saturated rings. The highest BCUT2D eigenvalue weighted by atomic mass is 19.1. The maximum atomic E-state index is 13.8. The van der Waals surface area contributed by atoms with Gasteiger partial charge in [-0.1, -0.05) is 30.7 Å². The Kier molecular flexibility index (Phi) is 3.82. The van der Waals surface area contributed by atoms with E-state index >= 15 is 0 Å². The van der Waals surface area contributed by atoms with Crippen LogP contribution in [0.4, 0.5) is 4.39 Å². The van der Waals surface area contributed by atoms with Crippen molar-refractivity contribution in [2.75, 3.05) is 0 Å². The van der Waals surface area contributed by atoms with Crippen LogP contribution in [-0.2, 0) is 6.54 Å². The van der Waals surface area contributed by atoms with E-state index in [2.05, 4.69) is 17.2 Å². The maximum absolute atomic E-state index is 13.8. The van der Waals surface area contributed by atoms with Crippen LogP contribution in [0.1, 0.15) is 30.3 Å². The van der Waals surface area contributed by atoms with Gasteiger partial charge in [-0.05, 0) is 18.6 Å². The smallest absolute Gasteiger partial charge is 0.172 e. The van der Waals surface area contributed by atoms with Gasteiger partial charge in [-0.15, -0.1) is 5.10 Å². The Balaban J connectivity index is 2.50. The minimum absolute atomic E-state index is 0.177. The van der Waals surface area contributed by atoms with Crippen molar-refractivity contribution in [1.82, 2.24) is 15.0 Å².